The average molecular weight is 479 g/mol. The smallest absolute Gasteiger partial charge is 0.283 e. The number of carbonyl (C=O) groups is 2. The van der Waals surface area contributed by atoms with Gasteiger partial charge in [0.25, 0.3) is 11.8 Å². The molecule has 5 nitrogen and oxygen atoms in total. The fourth-order valence-electron chi connectivity index (χ4n) is 3.50. The number of thioether (sulfide) groups is 1. The molecule has 3 aromatic rings. The summed E-state index contributed by atoms with van der Waals surface area (Å²) < 4.78 is 5.71. The lowest BCUT2D eigenvalue weighted by Gasteiger charge is -2.18. The first-order chi connectivity index (χ1) is 15.9. The largest absolute Gasteiger partial charge is 0.492 e. The van der Waals surface area contributed by atoms with Gasteiger partial charge < -0.3 is 10.1 Å². The molecule has 1 N–H and O–H groups in total. The number of carbonyl (C=O) groups excluding carboxylic acids is 2. The first-order valence-corrected chi connectivity index (χ1v) is 11.7. The summed E-state index contributed by atoms with van der Waals surface area (Å²) in [5, 5.41) is 3.79. The van der Waals surface area contributed by atoms with E-state index in [2.05, 4.69) is 5.32 Å². The molecule has 3 aromatic carbocycles. The number of benzene rings is 3. The van der Waals surface area contributed by atoms with E-state index in [1.165, 1.54) is 16.7 Å². The van der Waals surface area contributed by atoms with E-state index in [0.29, 0.717) is 33.7 Å². The Kier molecular flexibility index (Phi) is 6.77. The average Bonchev–Trinajstić information content (AvgIpc) is 3.02. The van der Waals surface area contributed by atoms with Gasteiger partial charge in [-0.3, -0.25) is 9.59 Å². The number of ether oxygens (including phenoxy) is 1. The number of hydrogen-bond acceptors (Lipinski definition) is 5. The van der Waals surface area contributed by atoms with Crippen molar-refractivity contribution in [3.8, 4) is 5.75 Å². The number of aryl methyl sites for hydroxylation is 2. The minimum Gasteiger partial charge on any atom is -0.492 e. The van der Waals surface area contributed by atoms with E-state index in [9.17, 15) is 9.59 Å². The van der Waals surface area contributed by atoms with Crippen LogP contribution in [0.3, 0.4) is 0 Å². The van der Waals surface area contributed by atoms with Crippen LogP contribution in [0.2, 0.25) is 5.02 Å². The quantitative estimate of drug-likeness (QED) is 0.401. The Morgan fingerprint density at radius 3 is 2.42 bits per heavy atom. The van der Waals surface area contributed by atoms with Crippen LogP contribution in [0, 0.1) is 13.8 Å². The molecule has 0 aromatic heterocycles. The zero-order chi connectivity index (χ0) is 23.5. The first-order valence-electron chi connectivity index (χ1n) is 10.5. The van der Waals surface area contributed by atoms with E-state index >= 15 is 0 Å². The van der Waals surface area contributed by atoms with Gasteiger partial charge in [-0.15, -0.1) is 0 Å². The summed E-state index contributed by atoms with van der Waals surface area (Å²) in [4.78, 5) is 29.6. The second kappa shape index (κ2) is 9.73. The van der Waals surface area contributed by atoms with Crippen LogP contribution in [0.15, 0.2) is 82.2 Å². The van der Waals surface area contributed by atoms with Gasteiger partial charge in [0.15, 0.2) is 0 Å². The molecule has 1 heterocycles. The van der Waals surface area contributed by atoms with Crippen molar-refractivity contribution in [2.75, 3.05) is 16.8 Å². The van der Waals surface area contributed by atoms with Crippen LogP contribution in [0.4, 0.5) is 11.4 Å². The van der Waals surface area contributed by atoms with Gasteiger partial charge in [-0.2, -0.15) is 0 Å². The molecule has 1 aliphatic rings. The van der Waals surface area contributed by atoms with E-state index in [4.69, 9.17) is 16.3 Å². The van der Waals surface area contributed by atoms with E-state index in [-0.39, 0.29) is 11.6 Å². The van der Waals surface area contributed by atoms with Crippen LogP contribution in [0.1, 0.15) is 18.1 Å². The van der Waals surface area contributed by atoms with Gasteiger partial charge >= 0.3 is 0 Å². The minimum atomic E-state index is -0.406. The third-order valence-corrected chi connectivity index (χ3v) is 6.47. The number of rotatable bonds is 7. The van der Waals surface area contributed by atoms with E-state index in [1.807, 2.05) is 75.4 Å². The summed E-state index contributed by atoms with van der Waals surface area (Å²) in [6.07, 6.45) is 0. The Bertz CT molecular complexity index is 1250. The molecule has 0 unspecified atom stereocenters. The summed E-state index contributed by atoms with van der Waals surface area (Å²) >= 11 is 7.25. The highest BCUT2D eigenvalue weighted by Crippen LogP contribution is 2.40. The molecular weight excluding hydrogens is 456 g/mol. The second-order valence-corrected chi connectivity index (χ2v) is 9.07. The molecule has 0 spiro atoms. The fraction of sp³-hybridized carbons (Fsp3) is 0.154. The monoisotopic (exact) mass is 478 g/mol. The summed E-state index contributed by atoms with van der Waals surface area (Å²) in [7, 11) is 0. The lowest BCUT2D eigenvalue weighted by atomic mass is 10.1. The Labute approximate surface area is 202 Å². The van der Waals surface area contributed by atoms with Crippen molar-refractivity contribution >= 4 is 46.6 Å². The zero-order valence-electron chi connectivity index (χ0n) is 18.5. The van der Waals surface area contributed by atoms with Crippen molar-refractivity contribution in [1.82, 2.24) is 0 Å². The molecule has 0 bridgehead atoms. The topological polar surface area (TPSA) is 58.6 Å². The molecule has 0 fully saturated rings. The number of hydrogen-bond donors (Lipinski definition) is 1. The number of para-hydroxylation sites is 2. The van der Waals surface area contributed by atoms with Crippen LogP contribution in [-0.4, -0.2) is 18.4 Å². The van der Waals surface area contributed by atoms with Crippen LogP contribution in [0.5, 0.6) is 5.75 Å². The summed E-state index contributed by atoms with van der Waals surface area (Å²) in [5.41, 5.74) is 3.22. The van der Waals surface area contributed by atoms with Gasteiger partial charge in [-0.1, -0.05) is 47.6 Å². The van der Waals surface area contributed by atoms with E-state index in [0.717, 1.165) is 16.0 Å². The van der Waals surface area contributed by atoms with Gasteiger partial charge in [0, 0.05) is 9.92 Å². The van der Waals surface area contributed by atoms with Gasteiger partial charge in [0.2, 0.25) is 0 Å². The normalized spacial score (nSPS) is 13.6. The third kappa shape index (κ3) is 4.77. The highest BCUT2D eigenvalue weighted by molar-refractivity contribution is 8.04. The fourth-order valence-corrected chi connectivity index (χ4v) is 4.55. The van der Waals surface area contributed by atoms with Crippen LogP contribution >= 0.6 is 23.4 Å². The van der Waals surface area contributed by atoms with E-state index < -0.39 is 5.91 Å². The number of anilines is 2. The Morgan fingerprint density at radius 2 is 1.70 bits per heavy atom. The SMILES string of the molecule is CCOc1ccccc1NC1=C(Sc2ccc(Cl)cc2)C(=O)N(c2cc(C)ccc2C)C1=O. The molecular formula is C26H23ClN2O3S. The molecule has 1 aliphatic heterocycles. The molecule has 0 atom stereocenters. The van der Waals surface area contributed by atoms with E-state index in [1.54, 1.807) is 12.1 Å². The van der Waals surface area contributed by atoms with Gasteiger partial charge in [0.1, 0.15) is 16.4 Å². The minimum absolute atomic E-state index is 0.216. The van der Waals surface area contributed by atoms with Gasteiger partial charge in [0.05, 0.1) is 18.0 Å². The summed E-state index contributed by atoms with van der Waals surface area (Å²) in [5.74, 6) is -0.171. The number of amides is 2. The Hall–Kier alpha value is -3.22. The highest BCUT2D eigenvalue weighted by Gasteiger charge is 2.41. The van der Waals surface area contributed by atoms with Crippen molar-refractivity contribution < 1.29 is 14.3 Å². The number of nitrogens with one attached hydrogen (secondary N) is 1. The van der Waals surface area contributed by atoms with Gasteiger partial charge in [-0.05, 0) is 74.4 Å². The zero-order valence-corrected chi connectivity index (χ0v) is 20.1. The molecule has 7 heteroatoms. The maximum atomic E-state index is 13.6. The lowest BCUT2D eigenvalue weighted by molar-refractivity contribution is -0.120. The Balaban J connectivity index is 1.79. The molecule has 2 amide bonds. The van der Waals surface area contributed by atoms with Crippen molar-refractivity contribution in [3.05, 3.63) is 93.5 Å². The second-order valence-electron chi connectivity index (χ2n) is 7.55. The van der Waals surface area contributed by atoms with Crippen molar-refractivity contribution in [2.45, 2.75) is 25.7 Å². The highest BCUT2D eigenvalue weighted by atomic mass is 35.5. The summed E-state index contributed by atoms with van der Waals surface area (Å²) in [6.45, 7) is 6.19. The van der Waals surface area contributed by atoms with Crippen LogP contribution in [0.25, 0.3) is 0 Å². The summed E-state index contributed by atoms with van der Waals surface area (Å²) in [6, 6.07) is 20.2. The predicted octanol–water partition coefficient (Wildman–Crippen LogP) is 6.34. The molecule has 168 valence electrons. The van der Waals surface area contributed by atoms with Gasteiger partial charge in [-0.25, -0.2) is 4.90 Å². The van der Waals surface area contributed by atoms with Crippen LogP contribution in [-0.2, 0) is 9.59 Å². The molecule has 0 saturated heterocycles. The maximum Gasteiger partial charge on any atom is 0.283 e. The van der Waals surface area contributed by atoms with Crippen molar-refractivity contribution in [1.29, 1.82) is 0 Å². The third-order valence-electron chi connectivity index (χ3n) is 5.13. The predicted molar refractivity (Wildman–Crippen MR) is 134 cm³/mol. The molecule has 0 aliphatic carbocycles. The number of imide groups is 1. The standard InChI is InChI=1S/C26H23ClN2O3S/c1-4-32-22-8-6-5-7-20(22)28-23-24(33-19-13-11-18(27)12-14-19)26(31)29(25(23)30)21-15-16(2)9-10-17(21)3/h5-15,28H,4H2,1-3H3. The maximum absolute atomic E-state index is 13.6. The van der Waals surface area contributed by atoms with Crippen LogP contribution < -0.4 is 15.0 Å². The van der Waals surface area contributed by atoms with Crippen molar-refractivity contribution in [3.63, 3.8) is 0 Å². The number of nitrogens with zero attached hydrogens (tertiary/aromatic N) is 1. The molecule has 0 saturated carbocycles. The number of halogens is 1. The molecule has 0 radical (unpaired) electrons. The van der Waals surface area contributed by atoms with Crippen molar-refractivity contribution in [2.24, 2.45) is 0 Å². The Morgan fingerprint density at radius 1 is 0.970 bits per heavy atom. The lowest BCUT2D eigenvalue weighted by Crippen LogP contribution is -2.33. The molecule has 33 heavy (non-hydrogen) atoms. The first kappa shape index (κ1) is 23.0. The molecule has 4 rings (SSSR count).